The van der Waals surface area contributed by atoms with Gasteiger partial charge in [0.15, 0.2) is 5.79 Å². The molecule has 1 aromatic rings. The molecule has 1 aliphatic rings. The van der Waals surface area contributed by atoms with Gasteiger partial charge in [-0.2, -0.15) is 0 Å². The average Bonchev–Trinajstić information content (AvgIpc) is 2.97. The Morgan fingerprint density at radius 2 is 1.64 bits per heavy atom. The van der Waals surface area contributed by atoms with Crippen molar-refractivity contribution in [2.45, 2.75) is 51.7 Å². The van der Waals surface area contributed by atoms with E-state index in [1.165, 1.54) is 22.3 Å². The van der Waals surface area contributed by atoms with Crippen LogP contribution in [-0.4, -0.2) is 20.0 Å². The van der Waals surface area contributed by atoms with Gasteiger partial charge in [-0.15, -0.1) is 0 Å². The summed E-state index contributed by atoms with van der Waals surface area (Å²) < 4.78 is 11.7. The van der Waals surface area contributed by atoms with Crippen LogP contribution in [0.25, 0.3) is 5.57 Å². The van der Waals surface area contributed by atoms with Crippen molar-refractivity contribution in [3.63, 3.8) is 0 Å². The van der Waals surface area contributed by atoms with Crippen LogP contribution in [0.15, 0.2) is 55.1 Å². The number of allylic oxidation sites excluding steroid dienone is 4. The molecule has 0 saturated heterocycles. The Kier molecular flexibility index (Phi) is 6.08. The van der Waals surface area contributed by atoms with Gasteiger partial charge in [-0.3, -0.25) is 0 Å². The molecule has 1 aliphatic carbocycles. The average molecular weight is 341 g/mol. The molecule has 1 unspecified atom stereocenters. The minimum atomic E-state index is -0.630. The number of fused-ring (bicyclic) bond motifs is 1. The lowest BCUT2D eigenvalue weighted by atomic mass is 9.67. The first kappa shape index (κ1) is 19.7. The van der Waals surface area contributed by atoms with E-state index in [1.54, 1.807) is 14.2 Å². The lowest BCUT2D eigenvalue weighted by Gasteiger charge is -2.47. The standard InChI is InChI=1S/C23H32O2/c1-8-17-18(9-2)21(20-15-13-12-14-19(17)20)16-23(10-3,11-4)22(5,24-6)25-7/h8-9,12-15,21H,1-2,10-11,16H2,3-7H3. The van der Waals surface area contributed by atoms with Crippen LogP contribution in [0, 0.1) is 5.41 Å². The van der Waals surface area contributed by atoms with Crippen molar-refractivity contribution in [1.29, 1.82) is 0 Å². The summed E-state index contributed by atoms with van der Waals surface area (Å²) in [5, 5.41) is 0. The van der Waals surface area contributed by atoms with Crippen LogP contribution < -0.4 is 0 Å². The molecule has 2 rings (SSSR count). The highest BCUT2D eigenvalue weighted by molar-refractivity contribution is 5.85. The molecule has 0 aromatic heterocycles. The van der Waals surface area contributed by atoms with Gasteiger partial charge >= 0.3 is 0 Å². The first-order valence-electron chi connectivity index (χ1n) is 9.16. The van der Waals surface area contributed by atoms with Gasteiger partial charge < -0.3 is 9.47 Å². The fraction of sp³-hybridized carbons (Fsp3) is 0.478. The summed E-state index contributed by atoms with van der Waals surface area (Å²) in [6.45, 7) is 14.6. The predicted molar refractivity (Wildman–Crippen MR) is 107 cm³/mol. The maximum Gasteiger partial charge on any atom is 0.170 e. The Bertz CT molecular complexity index is 660. The zero-order valence-electron chi connectivity index (χ0n) is 16.4. The van der Waals surface area contributed by atoms with Gasteiger partial charge in [-0.25, -0.2) is 0 Å². The molecule has 136 valence electrons. The fourth-order valence-electron chi connectivity index (χ4n) is 4.53. The Morgan fingerprint density at radius 3 is 2.12 bits per heavy atom. The van der Waals surface area contributed by atoms with E-state index in [-0.39, 0.29) is 11.3 Å². The van der Waals surface area contributed by atoms with Crippen LogP contribution >= 0.6 is 0 Å². The second kappa shape index (κ2) is 7.72. The van der Waals surface area contributed by atoms with E-state index in [1.807, 2.05) is 12.2 Å². The second-order valence-corrected chi connectivity index (χ2v) is 6.96. The normalized spacial score (nSPS) is 17.6. The number of hydrogen-bond donors (Lipinski definition) is 0. The number of ether oxygens (including phenoxy) is 2. The summed E-state index contributed by atoms with van der Waals surface area (Å²) in [5.41, 5.74) is 4.99. The minimum absolute atomic E-state index is 0.0981. The number of hydrogen-bond acceptors (Lipinski definition) is 2. The molecule has 0 heterocycles. The third kappa shape index (κ3) is 3.02. The summed E-state index contributed by atoms with van der Waals surface area (Å²) in [6, 6.07) is 8.62. The quantitative estimate of drug-likeness (QED) is 0.505. The van der Waals surface area contributed by atoms with Gasteiger partial charge in [-0.05, 0) is 48.5 Å². The van der Waals surface area contributed by atoms with E-state index in [9.17, 15) is 0 Å². The van der Waals surface area contributed by atoms with Gasteiger partial charge in [0.1, 0.15) is 0 Å². The molecule has 0 spiro atoms. The molecule has 0 N–H and O–H groups in total. The Hall–Kier alpha value is -1.64. The van der Waals surface area contributed by atoms with Crippen LogP contribution in [0.4, 0.5) is 0 Å². The fourth-order valence-corrected chi connectivity index (χ4v) is 4.53. The van der Waals surface area contributed by atoms with Crippen molar-refractivity contribution >= 4 is 5.57 Å². The predicted octanol–water partition coefficient (Wildman–Crippen LogP) is 6.11. The summed E-state index contributed by atoms with van der Waals surface area (Å²) >= 11 is 0. The summed E-state index contributed by atoms with van der Waals surface area (Å²) in [6.07, 6.45) is 6.87. The van der Waals surface area contributed by atoms with Crippen LogP contribution in [-0.2, 0) is 9.47 Å². The number of rotatable bonds is 9. The minimum Gasteiger partial charge on any atom is -0.353 e. The molecule has 2 heteroatoms. The summed E-state index contributed by atoms with van der Waals surface area (Å²) in [4.78, 5) is 0. The topological polar surface area (TPSA) is 18.5 Å². The van der Waals surface area contributed by atoms with Crippen molar-refractivity contribution in [2.24, 2.45) is 5.41 Å². The third-order valence-corrected chi connectivity index (χ3v) is 6.43. The van der Waals surface area contributed by atoms with Crippen molar-refractivity contribution in [1.82, 2.24) is 0 Å². The molecule has 0 amide bonds. The SMILES string of the molecule is C=CC1=C(C=C)C(CC(CC)(CC)C(C)(OC)OC)c2ccccc21. The van der Waals surface area contributed by atoms with Crippen LogP contribution in [0.3, 0.4) is 0 Å². The summed E-state index contributed by atoms with van der Waals surface area (Å²) in [7, 11) is 3.48. The molecule has 0 fully saturated rings. The Morgan fingerprint density at radius 1 is 1.04 bits per heavy atom. The smallest absolute Gasteiger partial charge is 0.170 e. The highest BCUT2D eigenvalue weighted by Crippen LogP contribution is 2.53. The number of benzene rings is 1. The lowest BCUT2D eigenvalue weighted by Crippen LogP contribution is -2.49. The largest absolute Gasteiger partial charge is 0.353 e. The highest BCUT2D eigenvalue weighted by atomic mass is 16.7. The van der Waals surface area contributed by atoms with E-state index in [2.05, 4.69) is 58.2 Å². The second-order valence-electron chi connectivity index (χ2n) is 6.96. The molecule has 25 heavy (non-hydrogen) atoms. The van der Waals surface area contributed by atoms with Gasteiger partial charge in [0.25, 0.3) is 0 Å². The maximum absolute atomic E-state index is 5.87. The zero-order valence-corrected chi connectivity index (χ0v) is 16.4. The monoisotopic (exact) mass is 340 g/mol. The third-order valence-electron chi connectivity index (χ3n) is 6.43. The van der Waals surface area contributed by atoms with Gasteiger partial charge in [0.05, 0.1) is 0 Å². The molecular formula is C23H32O2. The van der Waals surface area contributed by atoms with Crippen molar-refractivity contribution in [2.75, 3.05) is 14.2 Å². The summed E-state index contributed by atoms with van der Waals surface area (Å²) in [5.74, 6) is -0.347. The highest BCUT2D eigenvalue weighted by Gasteiger charge is 2.49. The first-order valence-corrected chi connectivity index (χ1v) is 9.16. The van der Waals surface area contributed by atoms with E-state index in [4.69, 9.17) is 9.47 Å². The molecule has 0 aliphatic heterocycles. The van der Waals surface area contributed by atoms with Crippen LogP contribution in [0.1, 0.15) is 57.1 Å². The Balaban J connectivity index is 2.58. The molecule has 1 atom stereocenters. The van der Waals surface area contributed by atoms with E-state index >= 15 is 0 Å². The molecule has 2 nitrogen and oxygen atoms in total. The van der Waals surface area contributed by atoms with E-state index < -0.39 is 5.79 Å². The molecule has 0 saturated carbocycles. The van der Waals surface area contributed by atoms with Crippen molar-refractivity contribution in [3.05, 3.63) is 66.3 Å². The van der Waals surface area contributed by atoms with E-state index in [0.29, 0.717) is 0 Å². The maximum atomic E-state index is 5.87. The molecule has 0 bridgehead atoms. The van der Waals surface area contributed by atoms with Crippen molar-refractivity contribution in [3.8, 4) is 0 Å². The lowest BCUT2D eigenvalue weighted by molar-refractivity contribution is -0.270. The molecule has 1 aromatic carbocycles. The Labute approximate surface area is 153 Å². The van der Waals surface area contributed by atoms with E-state index in [0.717, 1.165) is 19.3 Å². The van der Waals surface area contributed by atoms with Gasteiger partial charge in [-0.1, -0.05) is 63.4 Å². The molecular weight excluding hydrogens is 308 g/mol. The van der Waals surface area contributed by atoms with Crippen LogP contribution in [0.2, 0.25) is 0 Å². The zero-order chi connectivity index (χ0) is 18.7. The first-order chi connectivity index (χ1) is 12.0. The van der Waals surface area contributed by atoms with Gasteiger partial charge in [0, 0.05) is 25.6 Å². The van der Waals surface area contributed by atoms with Gasteiger partial charge in [0.2, 0.25) is 0 Å². The number of methoxy groups -OCH3 is 2. The molecule has 0 radical (unpaired) electrons. The van der Waals surface area contributed by atoms with Crippen molar-refractivity contribution < 1.29 is 9.47 Å². The van der Waals surface area contributed by atoms with Crippen LogP contribution in [0.5, 0.6) is 0 Å².